The lowest BCUT2D eigenvalue weighted by Gasteiger charge is -2.46. The van der Waals surface area contributed by atoms with Crippen molar-refractivity contribution in [1.29, 1.82) is 0 Å². The Balaban J connectivity index is 0.898. The zero-order valence-corrected chi connectivity index (χ0v) is 75.0. The number of hydrogen-bond donors (Lipinski definition) is 0. The lowest BCUT2D eigenvalue weighted by atomic mass is 9.33. The molecule has 0 bridgehead atoms. The van der Waals surface area contributed by atoms with Crippen LogP contribution in [0.4, 0.5) is 51.2 Å². The minimum absolute atomic E-state index is 0.0767. The molecule has 22 aromatic rings. The smallest absolute Gasteiger partial charge is 0.252 e. The summed E-state index contributed by atoms with van der Waals surface area (Å²) in [4.78, 5) is 7.18. The number of benzene rings is 20. The standard InChI is InChI=1S/C129H94BN5/c1-127(2,3)93-77-104(85-42-16-9-17-43-85)125(106(79-93)90-48-36-46-87(72-90)83-38-12-7-13-39-83)134-120-81-96(132-114-61-31-24-54-100(114)101-55-25-32-62-115(101)132)67-69-112(120)130-113-70-68-97(133-116-63-33-26-56-102(116)103-57-27-34-64-117(103)133)82-121(113)135(126-105(86-44-18-10-19-45-86)78-94(128(4,5)6)80-107(126)91-49-37-47-88(73-91)84-40-14-8-15-41-84)123-76-92(75-122(134)124(123)130)89-66-71-119-111(74-89)129(108-58-28-22-52-98(108)99-53-23-29-59-109(99)129)110-60-30-35-65-118(110)131(119)95-50-20-11-21-51-95/h7-82H,1-6H3/i24D,25D,26D,27D,31D,32D,33D,34D,54D,55D,56D,57D,61D,62D,63D,64D. The van der Waals surface area contributed by atoms with Gasteiger partial charge in [0.2, 0.25) is 0 Å². The van der Waals surface area contributed by atoms with Gasteiger partial charge < -0.3 is 23.8 Å². The van der Waals surface area contributed by atoms with E-state index in [1.165, 1.54) is 0 Å². The van der Waals surface area contributed by atoms with Crippen LogP contribution in [0.3, 0.4) is 0 Å². The maximum atomic E-state index is 10.2. The van der Waals surface area contributed by atoms with Gasteiger partial charge in [-0.05, 0) is 255 Å². The van der Waals surface area contributed by atoms with Gasteiger partial charge in [-0.3, -0.25) is 0 Å². The average Bonchev–Trinajstić information content (AvgIpc) is 1.58. The highest BCUT2D eigenvalue weighted by Crippen LogP contribution is 2.65. The maximum Gasteiger partial charge on any atom is 0.252 e. The number of para-hydroxylation sites is 6. The van der Waals surface area contributed by atoms with Crippen molar-refractivity contribution in [3.05, 3.63) is 494 Å². The van der Waals surface area contributed by atoms with Crippen molar-refractivity contribution in [2.75, 3.05) is 14.7 Å². The highest BCUT2D eigenvalue weighted by Gasteiger charge is 2.53. The van der Waals surface area contributed by atoms with Crippen molar-refractivity contribution in [3.8, 4) is 100 Å². The molecule has 5 nitrogen and oxygen atoms in total. The highest BCUT2D eigenvalue weighted by atomic mass is 15.2. The van der Waals surface area contributed by atoms with Crippen LogP contribution in [0.1, 0.15) is 96.9 Å². The largest absolute Gasteiger partial charge is 0.310 e. The minimum atomic E-state index is -0.988. The van der Waals surface area contributed by atoms with Gasteiger partial charge in [-0.2, -0.15) is 0 Å². The van der Waals surface area contributed by atoms with Crippen molar-refractivity contribution in [2.45, 2.75) is 57.8 Å². The monoisotopic (exact) mass is 1740 g/mol. The summed E-state index contributed by atoms with van der Waals surface area (Å²) in [5.41, 5.74) is 27.7. The van der Waals surface area contributed by atoms with E-state index in [4.69, 9.17) is 0 Å². The Bertz CT molecular complexity index is 9010. The number of fused-ring (bicyclic) bond motifs is 19. The molecule has 135 heavy (non-hydrogen) atoms. The third-order valence-corrected chi connectivity index (χ3v) is 28.2. The third kappa shape index (κ3) is 12.4. The van der Waals surface area contributed by atoms with Crippen molar-refractivity contribution in [3.63, 3.8) is 0 Å². The predicted octanol–water partition coefficient (Wildman–Crippen LogP) is 32.4. The lowest BCUT2D eigenvalue weighted by molar-refractivity contribution is 0.590. The molecular weight excluding hydrogens is 1630 g/mol. The van der Waals surface area contributed by atoms with E-state index in [-0.39, 0.29) is 55.0 Å². The fourth-order valence-corrected chi connectivity index (χ4v) is 22.1. The Morgan fingerprint density at radius 2 is 0.578 bits per heavy atom. The van der Waals surface area contributed by atoms with Gasteiger partial charge in [-0.1, -0.05) is 375 Å². The summed E-state index contributed by atoms with van der Waals surface area (Å²) in [5, 5.41) is -0.382. The molecule has 6 heteroatoms. The molecule has 26 rings (SSSR count). The molecule has 4 aliphatic rings. The molecule has 2 aromatic heterocycles. The molecule has 0 saturated carbocycles. The van der Waals surface area contributed by atoms with Crippen molar-refractivity contribution in [1.82, 2.24) is 9.13 Å². The fourth-order valence-electron chi connectivity index (χ4n) is 22.1. The van der Waals surface area contributed by atoms with Crippen LogP contribution in [-0.2, 0) is 16.2 Å². The van der Waals surface area contributed by atoms with Crippen LogP contribution in [0.25, 0.3) is 144 Å². The number of aromatic nitrogens is 2. The van der Waals surface area contributed by atoms with Gasteiger partial charge in [0, 0.05) is 83.6 Å². The summed E-state index contributed by atoms with van der Waals surface area (Å²) >= 11 is 0. The molecule has 0 fully saturated rings. The van der Waals surface area contributed by atoms with Gasteiger partial charge >= 0.3 is 0 Å². The van der Waals surface area contributed by atoms with Gasteiger partial charge in [-0.25, -0.2) is 0 Å². The first-order chi connectivity index (χ1) is 72.9. The van der Waals surface area contributed by atoms with Crippen LogP contribution in [0.15, 0.2) is 461 Å². The molecule has 638 valence electrons. The van der Waals surface area contributed by atoms with Crippen molar-refractivity contribution >= 4 is 118 Å². The molecule has 0 unspecified atom stereocenters. The summed E-state index contributed by atoms with van der Waals surface area (Å²) in [6.07, 6.45) is 0. The van der Waals surface area contributed by atoms with Crippen LogP contribution >= 0.6 is 0 Å². The number of hydrogen-bond acceptors (Lipinski definition) is 3. The first-order valence-corrected chi connectivity index (χ1v) is 46.1. The second kappa shape index (κ2) is 30.8. The fraction of sp³-hybridized carbons (Fsp3) is 0.0698. The maximum absolute atomic E-state index is 10.2. The zero-order chi connectivity index (χ0) is 104. The van der Waals surface area contributed by atoms with Crippen LogP contribution in [-0.4, -0.2) is 15.8 Å². The molecule has 1 spiro atoms. The van der Waals surface area contributed by atoms with Gasteiger partial charge in [0.1, 0.15) is 0 Å². The molecular formula is C129H94BN5. The molecule has 0 N–H and O–H groups in total. The minimum Gasteiger partial charge on any atom is -0.310 e. The molecule has 3 aliphatic heterocycles. The van der Waals surface area contributed by atoms with Crippen LogP contribution < -0.4 is 31.1 Å². The highest BCUT2D eigenvalue weighted by molar-refractivity contribution is 7.00. The molecule has 0 atom stereocenters. The Morgan fingerprint density at radius 3 is 1.01 bits per heavy atom. The first kappa shape index (κ1) is 64.3. The van der Waals surface area contributed by atoms with E-state index in [1.54, 1.807) is 9.13 Å². The second-order valence-corrected chi connectivity index (χ2v) is 37.8. The zero-order valence-electron chi connectivity index (χ0n) is 91.0. The third-order valence-electron chi connectivity index (χ3n) is 28.2. The first-order valence-electron chi connectivity index (χ1n) is 54.1. The van der Waals surface area contributed by atoms with Gasteiger partial charge in [0.25, 0.3) is 6.71 Å². The second-order valence-electron chi connectivity index (χ2n) is 37.8. The number of anilines is 9. The van der Waals surface area contributed by atoms with Crippen LogP contribution in [0, 0.1) is 0 Å². The number of rotatable bonds is 12. The SMILES string of the molecule is [2H]c1c([2H])c([2H])c2c(c1[2H])c1c([2H])c([2H])c([2H])c([2H])c1n2-c1ccc2c(c1)N(c1c(-c3ccccc3)cc(C(C)(C)C)cc1-c1cccc(-c3ccccc3)c1)c1cc(-c3ccc4c(c3)C3(c5ccccc5-c5ccccc53)c3ccccc3N4c3ccccc3)cc3c1B2c1ccc(-n2c4c([2H])c([2H])c([2H])c([2H])c4c4c([2H])c([2H])c([2H])c([2H])c42)cc1N3c1c(-c2ccccc2)cc(C(C)(C)C)cc1-c1cccc(-c2ccccc2)c1. The summed E-state index contributed by atoms with van der Waals surface area (Å²) in [6.45, 7) is 12.5. The summed E-state index contributed by atoms with van der Waals surface area (Å²) in [5.74, 6) is 0. The van der Waals surface area contributed by atoms with E-state index < -0.39 is 120 Å². The van der Waals surface area contributed by atoms with Gasteiger partial charge in [-0.15, -0.1) is 0 Å². The summed E-state index contributed by atoms with van der Waals surface area (Å²) in [6, 6.07) is 120. The average molecular weight is 1740 g/mol. The Kier molecular flexibility index (Phi) is 14.7. The van der Waals surface area contributed by atoms with E-state index in [9.17, 15) is 21.9 Å². The van der Waals surface area contributed by atoms with E-state index in [0.717, 1.165) is 156 Å². The summed E-state index contributed by atoms with van der Waals surface area (Å²) < 4.78 is 160. The van der Waals surface area contributed by atoms with E-state index in [0.29, 0.717) is 33.7 Å². The molecule has 5 heterocycles. The number of nitrogens with zero attached hydrogens (tertiary/aromatic N) is 5. The molecule has 20 aromatic carbocycles. The lowest BCUT2D eigenvalue weighted by Crippen LogP contribution is -2.61. The predicted molar refractivity (Wildman–Crippen MR) is 570 cm³/mol. The molecule has 0 saturated heterocycles. The Labute approximate surface area is 811 Å². The molecule has 0 amide bonds. The van der Waals surface area contributed by atoms with Crippen molar-refractivity contribution in [2.24, 2.45) is 0 Å². The topological polar surface area (TPSA) is 19.6 Å². The quantitative estimate of drug-likeness (QED) is 0.114. The van der Waals surface area contributed by atoms with E-state index in [2.05, 4.69) is 341 Å². The molecule has 1 aliphatic carbocycles. The van der Waals surface area contributed by atoms with Crippen LogP contribution in [0.2, 0.25) is 0 Å². The van der Waals surface area contributed by atoms with Crippen molar-refractivity contribution < 1.29 is 21.9 Å². The van der Waals surface area contributed by atoms with Gasteiger partial charge in [0.05, 0.1) is 72.2 Å². The molecule has 0 radical (unpaired) electrons. The Morgan fingerprint density at radius 1 is 0.230 bits per heavy atom. The van der Waals surface area contributed by atoms with E-state index >= 15 is 0 Å². The van der Waals surface area contributed by atoms with E-state index in [1.807, 2.05) is 78.9 Å². The van der Waals surface area contributed by atoms with Crippen LogP contribution in [0.5, 0.6) is 0 Å². The Hall–Kier alpha value is -16.5. The van der Waals surface area contributed by atoms with Gasteiger partial charge in [0.15, 0.2) is 0 Å². The normalized spacial score (nSPS) is 14.9. The summed E-state index contributed by atoms with van der Waals surface area (Å²) in [7, 11) is 0.